The summed E-state index contributed by atoms with van der Waals surface area (Å²) < 4.78 is 42.0. The summed E-state index contributed by atoms with van der Waals surface area (Å²) in [6.45, 7) is 25.2. The Hall–Kier alpha value is -4.78. The highest BCUT2D eigenvalue weighted by atomic mass is 32.2. The van der Waals surface area contributed by atoms with Gasteiger partial charge >= 0.3 is 8.25 Å². The van der Waals surface area contributed by atoms with E-state index in [1.54, 1.807) is 0 Å². The maximum atomic E-state index is 14.8. The maximum absolute atomic E-state index is 14.8. The summed E-state index contributed by atoms with van der Waals surface area (Å²) in [7, 11) is -2.64. The molecule has 404 valence electrons. The first-order valence-electron chi connectivity index (χ1n) is 27.0. The van der Waals surface area contributed by atoms with Gasteiger partial charge < -0.3 is 18.4 Å². The van der Waals surface area contributed by atoms with Crippen molar-refractivity contribution in [3.05, 3.63) is 215 Å². The molecule has 0 saturated heterocycles. The van der Waals surface area contributed by atoms with Crippen LogP contribution in [0.25, 0.3) is 0 Å². The molecule has 0 aliphatic carbocycles. The molecular formula is C64H82N2O7PS2+3. The van der Waals surface area contributed by atoms with Gasteiger partial charge in [-0.15, -0.1) is 9.05 Å². The SMILES string of the molecule is CC[N+](CC)(CC)C(CO[P+](=O)OCC(SC(=O)C(C)(C)COC(c1ccccc1)(c1ccccc1)c1ccccc1)[N+](CC)(CC)CC)SC(=O)C(C)(C)COC(c1ccccc1)(c1ccccc1)c1ccccc1. The third kappa shape index (κ3) is 13.7. The van der Waals surface area contributed by atoms with Crippen LogP contribution in [0.2, 0.25) is 0 Å². The lowest BCUT2D eigenvalue weighted by Gasteiger charge is -2.42. The van der Waals surface area contributed by atoms with E-state index in [1.807, 2.05) is 137 Å². The zero-order chi connectivity index (χ0) is 54.9. The van der Waals surface area contributed by atoms with Gasteiger partial charge in [0.2, 0.25) is 10.2 Å². The van der Waals surface area contributed by atoms with Gasteiger partial charge in [0.25, 0.3) is 0 Å². The molecule has 2 unspecified atom stereocenters. The van der Waals surface area contributed by atoms with Gasteiger partial charge in [-0.2, -0.15) is 0 Å². The van der Waals surface area contributed by atoms with E-state index >= 15 is 0 Å². The van der Waals surface area contributed by atoms with Crippen molar-refractivity contribution in [1.29, 1.82) is 0 Å². The Labute approximate surface area is 464 Å². The van der Waals surface area contributed by atoms with Gasteiger partial charge in [0.05, 0.1) is 63.3 Å². The molecule has 6 aromatic carbocycles. The van der Waals surface area contributed by atoms with Gasteiger partial charge in [-0.3, -0.25) is 9.59 Å². The molecule has 0 bridgehead atoms. The summed E-state index contributed by atoms with van der Waals surface area (Å²) in [6, 6.07) is 61.1. The van der Waals surface area contributed by atoms with Gasteiger partial charge in [0, 0.05) is 4.57 Å². The van der Waals surface area contributed by atoms with Crippen LogP contribution in [-0.2, 0) is 43.9 Å². The van der Waals surface area contributed by atoms with Crippen molar-refractivity contribution in [2.24, 2.45) is 10.8 Å². The normalized spacial score (nSPS) is 13.7. The average Bonchev–Trinajstić information content (AvgIpc) is 3.48. The number of carbonyl (C=O) groups excluding carboxylic acids is 2. The minimum absolute atomic E-state index is 0.0164. The van der Waals surface area contributed by atoms with E-state index in [0.717, 1.165) is 72.6 Å². The van der Waals surface area contributed by atoms with Gasteiger partial charge in [0.1, 0.15) is 11.2 Å². The molecule has 0 heterocycles. The fraction of sp³-hybridized carbons (Fsp3) is 0.406. The lowest BCUT2D eigenvalue weighted by Crippen LogP contribution is -2.56. The zero-order valence-corrected chi connectivity index (χ0v) is 49.1. The monoisotopic (exact) mass is 1090 g/mol. The van der Waals surface area contributed by atoms with Crippen molar-refractivity contribution >= 4 is 42.0 Å². The van der Waals surface area contributed by atoms with Crippen LogP contribution in [0.4, 0.5) is 0 Å². The summed E-state index contributed by atoms with van der Waals surface area (Å²) in [5.74, 6) is 0. The fourth-order valence-corrected chi connectivity index (χ4v) is 13.9. The van der Waals surface area contributed by atoms with E-state index < -0.39 is 41.0 Å². The predicted molar refractivity (Wildman–Crippen MR) is 314 cm³/mol. The first-order chi connectivity index (χ1) is 36.6. The van der Waals surface area contributed by atoms with Crippen molar-refractivity contribution in [2.75, 3.05) is 65.7 Å². The highest BCUT2D eigenvalue weighted by Crippen LogP contribution is 2.45. The van der Waals surface area contributed by atoms with E-state index in [9.17, 15) is 14.2 Å². The molecule has 0 aromatic heterocycles. The summed E-state index contributed by atoms with van der Waals surface area (Å²) in [5, 5.41) is -0.889. The average molecular weight is 1090 g/mol. The number of likely N-dealkylation sites (N-methyl/N-ethyl adjacent to an activating group) is 2. The summed E-state index contributed by atoms with van der Waals surface area (Å²) in [4.78, 5) is 29.7. The number of rotatable bonds is 30. The van der Waals surface area contributed by atoms with Gasteiger partial charge in [0.15, 0.2) is 24.0 Å². The molecule has 9 nitrogen and oxygen atoms in total. The Morgan fingerprint density at radius 3 is 0.816 bits per heavy atom. The first-order valence-corrected chi connectivity index (χ1v) is 29.9. The number of ether oxygens (including phenoxy) is 2. The smallest absolute Gasteiger partial charge is 0.360 e. The quantitative estimate of drug-likeness (QED) is 0.0189. The van der Waals surface area contributed by atoms with Crippen molar-refractivity contribution in [1.82, 2.24) is 0 Å². The lowest BCUT2D eigenvalue weighted by atomic mass is 9.79. The van der Waals surface area contributed by atoms with Crippen LogP contribution in [-0.4, -0.2) is 95.6 Å². The van der Waals surface area contributed by atoms with Crippen LogP contribution < -0.4 is 0 Å². The van der Waals surface area contributed by atoms with E-state index in [-0.39, 0.29) is 36.7 Å². The molecule has 0 N–H and O–H groups in total. The molecular weight excluding hydrogens is 1000 g/mol. The second-order valence-corrected chi connectivity index (χ2v) is 24.0. The number of quaternary nitrogens is 2. The molecule has 0 spiro atoms. The number of carbonyl (C=O) groups is 2. The topological polar surface area (TPSA) is 88.1 Å². The molecule has 76 heavy (non-hydrogen) atoms. The summed E-state index contributed by atoms with van der Waals surface area (Å²) in [6.07, 6.45) is 0. The minimum Gasteiger partial charge on any atom is -0.360 e. The third-order valence-electron chi connectivity index (χ3n) is 15.6. The second kappa shape index (κ2) is 27.7. The largest absolute Gasteiger partial charge is 0.697 e. The van der Waals surface area contributed by atoms with Gasteiger partial charge in [-0.25, -0.2) is 0 Å². The Kier molecular flexibility index (Phi) is 22.0. The Bertz CT molecular complexity index is 2310. The Morgan fingerprint density at radius 2 is 0.618 bits per heavy atom. The second-order valence-electron chi connectivity index (χ2n) is 20.8. The maximum Gasteiger partial charge on any atom is 0.697 e. The standard InChI is InChI=1S/C64H82N2O7PS2/c1-11-65(12-2,13-3)57(75-59(67)61(7,8)49-70-63(51-35-23-17-24-36-51,52-37-25-18-26-38-52)53-39-27-19-28-40-53)47-72-74(69)73-48-58(66(14-4,15-5)16-6)76-60(68)62(9,10)50-71-64(54-41-29-20-30-42-54,55-43-31-21-32-44-55)56-45-33-22-34-46-56/h17-46,57-58H,11-16,47-50H2,1-10H3/q+3. The number of nitrogens with zero attached hydrogens (tertiary/aromatic N) is 2. The van der Waals surface area contributed by atoms with Crippen molar-refractivity contribution in [3.8, 4) is 0 Å². The van der Waals surface area contributed by atoms with Crippen molar-refractivity contribution in [3.63, 3.8) is 0 Å². The highest BCUT2D eigenvalue weighted by Gasteiger charge is 2.47. The fourth-order valence-electron chi connectivity index (χ4n) is 10.3. The van der Waals surface area contributed by atoms with Crippen LogP contribution in [0, 0.1) is 10.8 Å². The molecule has 0 amide bonds. The van der Waals surface area contributed by atoms with Crippen molar-refractivity contribution < 1.29 is 41.6 Å². The molecule has 0 aliphatic rings. The summed E-state index contributed by atoms with van der Waals surface area (Å²) in [5.41, 5.74) is 1.88. The molecule has 12 heteroatoms. The van der Waals surface area contributed by atoms with Crippen LogP contribution in [0.5, 0.6) is 0 Å². The number of thioether (sulfide) groups is 2. The van der Waals surface area contributed by atoms with E-state index in [4.69, 9.17) is 18.5 Å². The molecule has 0 saturated carbocycles. The van der Waals surface area contributed by atoms with E-state index in [2.05, 4.69) is 114 Å². The third-order valence-corrected chi connectivity index (χ3v) is 19.6. The molecule has 0 aliphatic heterocycles. The highest BCUT2D eigenvalue weighted by molar-refractivity contribution is 8.14. The van der Waals surface area contributed by atoms with E-state index in [1.165, 1.54) is 23.5 Å². The zero-order valence-electron chi connectivity index (χ0n) is 46.6. The van der Waals surface area contributed by atoms with Crippen LogP contribution >= 0.6 is 31.8 Å². The molecule has 6 aromatic rings. The minimum atomic E-state index is -2.64. The number of hydrogen-bond donors (Lipinski definition) is 0. The summed E-state index contributed by atoms with van der Waals surface area (Å²) >= 11 is 2.49. The Balaban J connectivity index is 1.19. The van der Waals surface area contributed by atoms with E-state index in [0.29, 0.717) is 8.97 Å². The number of hydrogen-bond acceptors (Lipinski definition) is 9. The van der Waals surface area contributed by atoms with Gasteiger partial charge in [-0.05, 0) is 126 Å². The molecule has 2 atom stereocenters. The Morgan fingerprint density at radius 1 is 0.408 bits per heavy atom. The first kappa shape index (κ1) is 60.4. The van der Waals surface area contributed by atoms with Crippen LogP contribution in [0.15, 0.2) is 182 Å². The van der Waals surface area contributed by atoms with Crippen LogP contribution in [0.1, 0.15) is 103 Å². The number of benzene rings is 6. The molecule has 0 fully saturated rings. The van der Waals surface area contributed by atoms with Gasteiger partial charge in [-0.1, -0.05) is 182 Å². The lowest BCUT2D eigenvalue weighted by molar-refractivity contribution is -0.932. The van der Waals surface area contributed by atoms with Crippen LogP contribution in [0.3, 0.4) is 0 Å². The van der Waals surface area contributed by atoms with Crippen molar-refractivity contribution in [2.45, 2.75) is 91.2 Å². The molecule has 6 rings (SSSR count). The predicted octanol–water partition coefficient (Wildman–Crippen LogP) is 14.7. The molecule has 0 radical (unpaired) electrons.